The number of rotatable bonds is 8. The topological polar surface area (TPSA) is 105 Å². The molecule has 0 bridgehead atoms. The summed E-state index contributed by atoms with van der Waals surface area (Å²) in [6, 6.07) is 0. The predicted octanol–water partition coefficient (Wildman–Crippen LogP) is 8.60. The Morgan fingerprint density at radius 3 is 0.622 bits per heavy atom. The summed E-state index contributed by atoms with van der Waals surface area (Å²) in [6.07, 6.45) is 23.1. The van der Waals surface area contributed by atoms with E-state index in [1.807, 2.05) is 0 Å². The number of carbonyl (C=O) groups excluding carboxylic acids is 4. The van der Waals surface area contributed by atoms with Crippen LogP contribution >= 0.6 is 0 Å². The second-order valence-corrected chi connectivity index (χ2v) is 14.2. The fourth-order valence-corrected chi connectivity index (χ4v) is 7.61. The first-order chi connectivity index (χ1) is 22.0. The molecule has 0 aliphatic heterocycles. The molecule has 45 heavy (non-hydrogen) atoms. The molecule has 0 saturated heterocycles. The molecule has 0 aromatic carbocycles. The summed E-state index contributed by atoms with van der Waals surface area (Å²) < 4.78 is 24.1. The first kappa shape index (κ1) is 35.7. The number of ether oxygens (including phenoxy) is 4. The maximum atomic E-state index is 14.4. The Balaban J connectivity index is 1.67. The van der Waals surface area contributed by atoms with Gasteiger partial charge in [-0.25, -0.2) is 19.2 Å². The van der Waals surface area contributed by atoms with Crippen LogP contribution < -0.4 is 0 Å². The van der Waals surface area contributed by atoms with E-state index in [-0.39, 0.29) is 0 Å². The predicted molar refractivity (Wildman–Crippen MR) is 171 cm³/mol. The second kappa shape index (κ2) is 19.5. The Morgan fingerprint density at radius 2 is 0.444 bits per heavy atom. The summed E-state index contributed by atoms with van der Waals surface area (Å²) in [5.41, 5.74) is -2.94. The lowest BCUT2D eigenvalue weighted by atomic mass is 9.86. The normalized spacial score (nSPS) is 23.3. The average molecular weight is 633 g/mol. The van der Waals surface area contributed by atoms with Gasteiger partial charge in [-0.05, 0) is 103 Å². The zero-order valence-electron chi connectivity index (χ0n) is 27.9. The number of hydrogen-bond donors (Lipinski definition) is 0. The van der Waals surface area contributed by atoms with Gasteiger partial charge in [-0.1, -0.05) is 77.0 Å². The summed E-state index contributed by atoms with van der Waals surface area (Å²) >= 11 is 0. The van der Waals surface area contributed by atoms with Crippen molar-refractivity contribution in [3.05, 3.63) is 0 Å². The summed E-state index contributed by atoms with van der Waals surface area (Å²) in [7, 11) is 0. The molecule has 0 atom stereocenters. The van der Waals surface area contributed by atoms with Gasteiger partial charge >= 0.3 is 29.3 Å². The van der Waals surface area contributed by atoms with Crippen molar-refractivity contribution < 1.29 is 38.1 Å². The molecule has 0 aromatic heterocycles. The highest BCUT2D eigenvalue weighted by Crippen LogP contribution is 2.35. The minimum absolute atomic E-state index is 0.477. The van der Waals surface area contributed by atoms with Crippen molar-refractivity contribution in [3.63, 3.8) is 0 Å². The summed E-state index contributed by atoms with van der Waals surface area (Å²) in [4.78, 5) is 57.7. The Hall–Kier alpha value is -2.12. The molecular formula is C37H60O8. The minimum Gasteiger partial charge on any atom is -0.461 e. The van der Waals surface area contributed by atoms with E-state index in [1.54, 1.807) is 0 Å². The Labute approximate surface area is 271 Å². The van der Waals surface area contributed by atoms with Crippen LogP contribution in [0, 0.1) is 5.41 Å². The van der Waals surface area contributed by atoms with Crippen LogP contribution in [0.4, 0.5) is 0 Å². The van der Waals surface area contributed by atoms with Crippen molar-refractivity contribution in [2.75, 3.05) is 0 Å². The van der Waals surface area contributed by atoms with Crippen LogP contribution in [-0.2, 0) is 38.1 Å². The van der Waals surface area contributed by atoms with Crippen LogP contribution in [0.1, 0.15) is 180 Å². The molecule has 0 amide bonds. The molecule has 4 saturated carbocycles. The molecule has 8 nitrogen and oxygen atoms in total. The van der Waals surface area contributed by atoms with Crippen LogP contribution in [0.5, 0.6) is 0 Å². The van der Waals surface area contributed by atoms with Crippen molar-refractivity contribution >= 4 is 23.9 Å². The van der Waals surface area contributed by atoms with E-state index in [0.29, 0.717) is 51.4 Å². The van der Waals surface area contributed by atoms with E-state index in [9.17, 15) is 19.2 Å². The summed E-state index contributed by atoms with van der Waals surface area (Å²) in [5, 5.41) is 0. The molecule has 4 aliphatic rings. The Bertz CT molecular complexity index is 750. The van der Waals surface area contributed by atoms with Crippen LogP contribution in [0.2, 0.25) is 0 Å². The van der Waals surface area contributed by atoms with E-state index in [1.165, 1.54) is 0 Å². The van der Waals surface area contributed by atoms with E-state index in [2.05, 4.69) is 0 Å². The van der Waals surface area contributed by atoms with Gasteiger partial charge in [0.1, 0.15) is 24.4 Å². The molecule has 4 rings (SSSR count). The zero-order valence-corrected chi connectivity index (χ0v) is 27.9. The van der Waals surface area contributed by atoms with Gasteiger partial charge in [-0.15, -0.1) is 0 Å². The minimum atomic E-state index is -2.94. The highest BCUT2D eigenvalue weighted by molar-refractivity contribution is 6.33. The molecule has 256 valence electrons. The highest BCUT2D eigenvalue weighted by atomic mass is 16.6. The molecule has 0 spiro atoms. The van der Waals surface area contributed by atoms with Gasteiger partial charge in [0.2, 0.25) is 0 Å². The van der Waals surface area contributed by atoms with Crippen LogP contribution in [0.15, 0.2) is 0 Å². The summed E-state index contributed by atoms with van der Waals surface area (Å²) in [6.45, 7) is 0. The van der Waals surface area contributed by atoms with E-state index >= 15 is 0 Å². The molecule has 0 heterocycles. The van der Waals surface area contributed by atoms with E-state index in [4.69, 9.17) is 18.9 Å². The lowest BCUT2D eigenvalue weighted by Crippen LogP contribution is -2.58. The fraction of sp³-hybridized carbons (Fsp3) is 0.892. The van der Waals surface area contributed by atoms with Gasteiger partial charge in [0.15, 0.2) is 0 Å². The molecule has 0 unspecified atom stereocenters. The zero-order chi connectivity index (χ0) is 31.7. The van der Waals surface area contributed by atoms with Gasteiger partial charge in [0.05, 0.1) is 0 Å². The standard InChI is InChI=1S/C37H60O8/c38-33(42-29-21-13-5-1-6-14-22-29)37(34(39)43-30-23-15-7-2-8-16-24-30,35(40)44-31-25-17-9-3-10-18-26-31)36(41)45-32-27-19-11-4-12-20-28-32/h29-32H,1-28H2. The molecule has 0 N–H and O–H groups in total. The van der Waals surface area contributed by atoms with E-state index < -0.39 is 53.7 Å². The van der Waals surface area contributed by atoms with Crippen molar-refractivity contribution in [1.29, 1.82) is 0 Å². The van der Waals surface area contributed by atoms with Crippen molar-refractivity contribution in [1.82, 2.24) is 0 Å². The van der Waals surface area contributed by atoms with Crippen molar-refractivity contribution in [3.8, 4) is 0 Å². The van der Waals surface area contributed by atoms with Gasteiger partial charge in [-0.2, -0.15) is 0 Å². The SMILES string of the molecule is O=C(OC1CCCCCCC1)C(C(=O)OC1CCCCCCC1)(C(=O)OC1CCCCCCC1)C(=O)OC1CCCCCCC1. The monoisotopic (exact) mass is 632 g/mol. The van der Waals surface area contributed by atoms with Gasteiger partial charge in [-0.3, -0.25) is 0 Å². The second-order valence-electron chi connectivity index (χ2n) is 14.2. The first-order valence-corrected chi connectivity index (χ1v) is 18.8. The lowest BCUT2D eigenvalue weighted by Gasteiger charge is -2.33. The molecule has 4 aliphatic carbocycles. The molecule has 0 radical (unpaired) electrons. The lowest BCUT2D eigenvalue weighted by molar-refractivity contribution is -0.201. The third kappa shape index (κ3) is 11.0. The maximum Gasteiger partial charge on any atom is 0.355 e. The maximum absolute atomic E-state index is 14.4. The van der Waals surface area contributed by atoms with Crippen LogP contribution in [0.25, 0.3) is 0 Å². The number of esters is 4. The molecule has 8 heteroatoms. The Morgan fingerprint density at radius 1 is 0.289 bits per heavy atom. The van der Waals surface area contributed by atoms with Gasteiger partial charge < -0.3 is 18.9 Å². The van der Waals surface area contributed by atoms with Crippen molar-refractivity contribution in [2.24, 2.45) is 5.41 Å². The highest BCUT2D eigenvalue weighted by Gasteiger charge is 2.67. The molecular weight excluding hydrogens is 572 g/mol. The average Bonchev–Trinajstić information content (AvgIpc) is 2.94. The van der Waals surface area contributed by atoms with Crippen LogP contribution in [-0.4, -0.2) is 48.3 Å². The third-order valence-corrected chi connectivity index (χ3v) is 10.5. The van der Waals surface area contributed by atoms with E-state index in [0.717, 1.165) is 128 Å². The van der Waals surface area contributed by atoms with Gasteiger partial charge in [0.25, 0.3) is 0 Å². The quantitative estimate of drug-likeness (QED) is 0.149. The largest absolute Gasteiger partial charge is 0.461 e. The number of hydrogen-bond acceptors (Lipinski definition) is 8. The Kier molecular flexibility index (Phi) is 15.5. The van der Waals surface area contributed by atoms with Crippen LogP contribution in [0.3, 0.4) is 0 Å². The molecule has 0 aromatic rings. The van der Waals surface area contributed by atoms with Crippen molar-refractivity contribution in [2.45, 2.75) is 204 Å². The fourth-order valence-electron chi connectivity index (χ4n) is 7.61. The van der Waals surface area contributed by atoms with Gasteiger partial charge in [0, 0.05) is 0 Å². The third-order valence-electron chi connectivity index (χ3n) is 10.5. The smallest absolute Gasteiger partial charge is 0.355 e. The number of carbonyl (C=O) groups is 4. The first-order valence-electron chi connectivity index (χ1n) is 18.8. The summed E-state index contributed by atoms with van der Waals surface area (Å²) in [5.74, 6) is -4.68. The molecule has 4 fully saturated rings.